The summed E-state index contributed by atoms with van der Waals surface area (Å²) in [4.78, 5) is 19.6. The molecule has 2 atom stereocenters. The van der Waals surface area contributed by atoms with E-state index in [1.54, 1.807) is 0 Å². The number of hydrogen-bond acceptors (Lipinski definition) is 3. The summed E-state index contributed by atoms with van der Waals surface area (Å²) < 4.78 is 2.19. The molecule has 5 heteroatoms. The van der Waals surface area contributed by atoms with Crippen molar-refractivity contribution in [2.45, 2.75) is 58.3 Å². The molecule has 1 aromatic carbocycles. The molecule has 3 heterocycles. The van der Waals surface area contributed by atoms with Gasteiger partial charge < -0.3 is 9.88 Å². The maximum Gasteiger partial charge on any atom is 0.237 e. The highest BCUT2D eigenvalue weighted by atomic mass is 16.2. The van der Waals surface area contributed by atoms with E-state index in [1.165, 1.54) is 11.1 Å². The van der Waals surface area contributed by atoms with Crippen molar-refractivity contribution in [1.82, 2.24) is 19.8 Å². The molecule has 0 fully saturated rings. The summed E-state index contributed by atoms with van der Waals surface area (Å²) in [6.45, 7) is 6.69. The van der Waals surface area contributed by atoms with Crippen molar-refractivity contribution >= 4 is 5.91 Å². The van der Waals surface area contributed by atoms with Gasteiger partial charge in [0.1, 0.15) is 5.82 Å². The van der Waals surface area contributed by atoms with E-state index in [0.717, 1.165) is 50.4 Å². The zero-order chi connectivity index (χ0) is 17.4. The average Bonchev–Trinajstić information content (AvgIpc) is 3.00. The summed E-state index contributed by atoms with van der Waals surface area (Å²) in [7, 11) is 0. The molecule has 1 amide bonds. The highest BCUT2D eigenvalue weighted by Gasteiger charge is 2.28. The number of nitrogens with one attached hydrogen (secondary N) is 1. The van der Waals surface area contributed by atoms with Crippen LogP contribution in [-0.4, -0.2) is 39.0 Å². The number of carbonyl (C=O) groups excluding carboxylic acids is 1. The van der Waals surface area contributed by atoms with E-state index in [9.17, 15) is 4.79 Å². The lowest BCUT2D eigenvalue weighted by Gasteiger charge is -2.34. The van der Waals surface area contributed by atoms with Crippen LogP contribution in [0.2, 0.25) is 0 Å². The first-order valence-corrected chi connectivity index (χ1v) is 9.24. The van der Waals surface area contributed by atoms with E-state index in [2.05, 4.69) is 50.2 Å². The van der Waals surface area contributed by atoms with Crippen molar-refractivity contribution in [3.8, 4) is 0 Å². The number of carbonyl (C=O) groups is 1. The van der Waals surface area contributed by atoms with Gasteiger partial charge in [0.2, 0.25) is 5.91 Å². The number of nitrogens with zero attached hydrogens (tertiary/aromatic N) is 3. The first-order chi connectivity index (χ1) is 12.1. The van der Waals surface area contributed by atoms with Crippen LogP contribution in [0.25, 0.3) is 0 Å². The molecule has 132 valence electrons. The molecule has 0 bridgehead atoms. The summed E-state index contributed by atoms with van der Waals surface area (Å²) in [6, 6.07) is 8.66. The van der Waals surface area contributed by atoms with Crippen LogP contribution < -0.4 is 5.32 Å². The van der Waals surface area contributed by atoms with Crippen molar-refractivity contribution in [2.24, 2.45) is 0 Å². The lowest BCUT2D eigenvalue weighted by Crippen LogP contribution is -2.51. The summed E-state index contributed by atoms with van der Waals surface area (Å²) in [5, 5.41) is 3.26. The second kappa shape index (κ2) is 6.64. The van der Waals surface area contributed by atoms with Crippen LogP contribution in [0.1, 0.15) is 36.0 Å². The molecule has 0 saturated carbocycles. The molecule has 5 nitrogen and oxygen atoms in total. The molecule has 0 saturated heterocycles. The lowest BCUT2D eigenvalue weighted by atomic mass is 9.98. The molecular weight excluding hydrogens is 312 g/mol. The fourth-order valence-corrected chi connectivity index (χ4v) is 4.04. The third-order valence-corrected chi connectivity index (χ3v) is 5.55. The van der Waals surface area contributed by atoms with Gasteiger partial charge in [0.25, 0.3) is 0 Å². The van der Waals surface area contributed by atoms with Gasteiger partial charge in [-0.15, -0.1) is 0 Å². The number of aryl methyl sites for hydroxylation is 2. The third-order valence-electron chi connectivity index (χ3n) is 5.55. The standard InChI is InChI=1S/C20H26N4O/c1-14-11-24-13-18(7-8-19(24)21-14)22-20(25)15(2)23-10-9-16-5-3-4-6-17(16)12-23/h3-6,11,15,18H,7-10,12-13H2,1-2H3,(H,22,25)/t15-,18+/m0/s1. The number of aromatic nitrogens is 2. The van der Waals surface area contributed by atoms with Gasteiger partial charge in [-0.25, -0.2) is 4.98 Å². The molecule has 1 N–H and O–H groups in total. The Morgan fingerprint density at radius 2 is 2.08 bits per heavy atom. The molecule has 1 aromatic heterocycles. The average molecular weight is 338 g/mol. The molecule has 0 aliphatic carbocycles. The Bertz CT molecular complexity index is 782. The Morgan fingerprint density at radius 1 is 1.28 bits per heavy atom. The van der Waals surface area contributed by atoms with Gasteiger partial charge in [-0.3, -0.25) is 9.69 Å². The van der Waals surface area contributed by atoms with Crippen LogP contribution in [0, 0.1) is 6.92 Å². The quantitative estimate of drug-likeness (QED) is 0.932. The molecule has 25 heavy (non-hydrogen) atoms. The van der Waals surface area contributed by atoms with E-state index in [1.807, 2.05) is 13.8 Å². The van der Waals surface area contributed by atoms with Crippen LogP contribution >= 0.6 is 0 Å². The maximum absolute atomic E-state index is 12.8. The molecule has 0 radical (unpaired) electrons. The Hall–Kier alpha value is -2.14. The third kappa shape index (κ3) is 3.33. The van der Waals surface area contributed by atoms with E-state index >= 15 is 0 Å². The Balaban J connectivity index is 1.37. The van der Waals surface area contributed by atoms with Crippen LogP contribution in [0.4, 0.5) is 0 Å². The predicted molar refractivity (Wildman–Crippen MR) is 97.2 cm³/mol. The van der Waals surface area contributed by atoms with Crippen molar-refractivity contribution in [3.63, 3.8) is 0 Å². The van der Waals surface area contributed by atoms with Crippen LogP contribution in [0.3, 0.4) is 0 Å². The Morgan fingerprint density at radius 3 is 2.92 bits per heavy atom. The summed E-state index contributed by atoms with van der Waals surface area (Å²) in [6.07, 6.45) is 5.01. The van der Waals surface area contributed by atoms with Crippen molar-refractivity contribution < 1.29 is 4.79 Å². The second-order valence-corrected chi connectivity index (χ2v) is 7.36. The summed E-state index contributed by atoms with van der Waals surface area (Å²) >= 11 is 0. The normalized spacial score (nSPS) is 21.3. The molecule has 4 rings (SSSR count). The number of fused-ring (bicyclic) bond motifs is 2. The first kappa shape index (κ1) is 16.3. The fraction of sp³-hybridized carbons (Fsp3) is 0.500. The molecule has 2 aliphatic rings. The number of hydrogen-bond donors (Lipinski definition) is 1. The highest BCUT2D eigenvalue weighted by Crippen LogP contribution is 2.21. The number of amides is 1. The molecule has 0 spiro atoms. The zero-order valence-corrected chi connectivity index (χ0v) is 15.0. The van der Waals surface area contributed by atoms with Gasteiger partial charge in [0.15, 0.2) is 0 Å². The monoisotopic (exact) mass is 338 g/mol. The van der Waals surface area contributed by atoms with Crippen LogP contribution in [0.5, 0.6) is 0 Å². The van der Waals surface area contributed by atoms with E-state index < -0.39 is 0 Å². The fourth-order valence-electron chi connectivity index (χ4n) is 4.04. The topological polar surface area (TPSA) is 50.2 Å². The van der Waals surface area contributed by atoms with Gasteiger partial charge >= 0.3 is 0 Å². The first-order valence-electron chi connectivity index (χ1n) is 9.24. The zero-order valence-electron chi connectivity index (χ0n) is 15.0. The molecule has 0 unspecified atom stereocenters. The lowest BCUT2D eigenvalue weighted by molar-refractivity contribution is -0.127. The highest BCUT2D eigenvalue weighted by molar-refractivity contribution is 5.81. The van der Waals surface area contributed by atoms with Crippen molar-refractivity contribution in [3.05, 3.63) is 53.1 Å². The maximum atomic E-state index is 12.8. The molecule has 2 aromatic rings. The second-order valence-electron chi connectivity index (χ2n) is 7.36. The van der Waals surface area contributed by atoms with Crippen LogP contribution in [-0.2, 0) is 30.7 Å². The number of rotatable bonds is 3. The van der Waals surface area contributed by atoms with E-state index in [0.29, 0.717) is 0 Å². The smallest absolute Gasteiger partial charge is 0.237 e. The Kier molecular flexibility index (Phi) is 4.34. The predicted octanol–water partition coefficient (Wildman–Crippen LogP) is 2.07. The van der Waals surface area contributed by atoms with E-state index in [-0.39, 0.29) is 18.0 Å². The Labute approximate surface area is 149 Å². The minimum absolute atomic E-state index is 0.0979. The minimum Gasteiger partial charge on any atom is -0.350 e. The van der Waals surface area contributed by atoms with Gasteiger partial charge in [-0.05, 0) is 37.8 Å². The summed E-state index contributed by atoms with van der Waals surface area (Å²) in [5.74, 6) is 1.29. The SMILES string of the molecule is Cc1cn2c(n1)CC[C@@H](NC(=O)[C@H](C)N1CCc3ccccc3C1)C2. The minimum atomic E-state index is -0.0979. The number of benzene rings is 1. The van der Waals surface area contributed by atoms with Gasteiger partial charge in [-0.2, -0.15) is 0 Å². The molecular formula is C20H26N4O. The van der Waals surface area contributed by atoms with Gasteiger partial charge in [0, 0.05) is 38.3 Å². The molecule has 2 aliphatic heterocycles. The van der Waals surface area contributed by atoms with E-state index in [4.69, 9.17) is 0 Å². The largest absolute Gasteiger partial charge is 0.350 e. The van der Waals surface area contributed by atoms with Crippen molar-refractivity contribution in [2.75, 3.05) is 6.54 Å². The van der Waals surface area contributed by atoms with Gasteiger partial charge in [-0.1, -0.05) is 24.3 Å². The van der Waals surface area contributed by atoms with Crippen LogP contribution in [0.15, 0.2) is 30.5 Å². The van der Waals surface area contributed by atoms with Gasteiger partial charge in [0.05, 0.1) is 11.7 Å². The summed E-state index contributed by atoms with van der Waals surface area (Å²) in [5.41, 5.74) is 3.83. The number of imidazole rings is 1. The van der Waals surface area contributed by atoms with Crippen molar-refractivity contribution in [1.29, 1.82) is 0 Å².